The van der Waals surface area contributed by atoms with Gasteiger partial charge >= 0.3 is 0 Å². The number of ketones is 1. The highest BCUT2D eigenvalue weighted by Gasteiger charge is 2.28. The Balaban J connectivity index is 1.95. The number of nitroso groups, excluding NO2 is 1. The molecule has 0 spiro atoms. The van der Waals surface area contributed by atoms with Crippen LogP contribution in [-0.2, 0) is 0 Å². The highest BCUT2D eigenvalue weighted by molar-refractivity contribution is 6.01. The van der Waals surface area contributed by atoms with Crippen LogP contribution in [-0.4, -0.2) is 54.1 Å². The molecule has 0 aromatic heterocycles. The Morgan fingerprint density at radius 1 is 1.30 bits per heavy atom. The van der Waals surface area contributed by atoms with E-state index in [1.807, 2.05) is 23.1 Å². The van der Waals surface area contributed by atoms with Crippen LogP contribution in [0.2, 0.25) is 0 Å². The molecule has 2 unspecified atom stereocenters. The standard InChI is InChI=1S/C16H19N5O2/c1-2-14(16(22)13-6-4-3-5-7-13)20-8-10-21(11-9-20)18-15(12-17)19-23/h2-7,14-15,18H,1,8-11H2. The van der Waals surface area contributed by atoms with Gasteiger partial charge in [-0.15, -0.1) is 11.5 Å². The first-order valence-corrected chi connectivity index (χ1v) is 7.38. The number of rotatable bonds is 7. The van der Waals surface area contributed by atoms with Gasteiger partial charge in [-0.25, -0.2) is 10.4 Å². The Hall–Kier alpha value is -2.40. The van der Waals surface area contributed by atoms with Gasteiger partial charge in [0.1, 0.15) is 6.07 Å². The first-order chi connectivity index (χ1) is 11.2. The van der Waals surface area contributed by atoms with Gasteiger partial charge in [-0.1, -0.05) is 36.4 Å². The van der Waals surface area contributed by atoms with E-state index in [-0.39, 0.29) is 11.8 Å². The number of carbonyl (C=O) groups excluding carboxylic acids is 1. The van der Waals surface area contributed by atoms with Gasteiger partial charge in [-0.2, -0.15) is 5.26 Å². The maximum atomic E-state index is 12.6. The molecule has 0 aliphatic carbocycles. The molecule has 2 atom stereocenters. The molecule has 120 valence electrons. The van der Waals surface area contributed by atoms with Gasteiger partial charge in [0.05, 0.1) is 6.04 Å². The van der Waals surface area contributed by atoms with Gasteiger partial charge in [-0.05, 0) is 5.18 Å². The second-order valence-electron chi connectivity index (χ2n) is 5.20. The van der Waals surface area contributed by atoms with Crippen LogP contribution in [0.4, 0.5) is 0 Å². The Labute approximate surface area is 135 Å². The summed E-state index contributed by atoms with van der Waals surface area (Å²) >= 11 is 0. The Morgan fingerprint density at radius 3 is 2.48 bits per heavy atom. The van der Waals surface area contributed by atoms with Crippen molar-refractivity contribution in [2.24, 2.45) is 5.18 Å². The van der Waals surface area contributed by atoms with Crippen LogP contribution in [0.5, 0.6) is 0 Å². The smallest absolute Gasteiger partial charge is 0.241 e. The molecule has 7 heteroatoms. The van der Waals surface area contributed by atoms with Crippen LogP contribution in [0.25, 0.3) is 0 Å². The minimum Gasteiger partial charge on any atom is -0.292 e. The lowest BCUT2D eigenvalue weighted by Crippen LogP contribution is -2.57. The van der Waals surface area contributed by atoms with Gasteiger partial charge in [0.25, 0.3) is 0 Å². The number of piperazine rings is 1. The molecular weight excluding hydrogens is 294 g/mol. The quantitative estimate of drug-likeness (QED) is 0.462. The SMILES string of the molecule is C=CC(C(=O)c1ccccc1)N1CCN(NC(C#N)N=O)CC1. The van der Waals surface area contributed by atoms with E-state index in [4.69, 9.17) is 5.26 Å². The number of benzene rings is 1. The summed E-state index contributed by atoms with van der Waals surface area (Å²) in [5.74, 6) is 0.0199. The molecule has 1 aromatic carbocycles. The summed E-state index contributed by atoms with van der Waals surface area (Å²) < 4.78 is 0. The third-order valence-electron chi connectivity index (χ3n) is 3.79. The summed E-state index contributed by atoms with van der Waals surface area (Å²) in [6.45, 7) is 6.20. The van der Waals surface area contributed by atoms with Crippen LogP contribution in [0, 0.1) is 16.2 Å². The lowest BCUT2D eigenvalue weighted by atomic mass is 10.0. The number of hydrogen-bond acceptors (Lipinski definition) is 7. The first kappa shape index (κ1) is 17.0. The fourth-order valence-electron chi connectivity index (χ4n) is 2.57. The zero-order valence-electron chi connectivity index (χ0n) is 12.8. The van der Waals surface area contributed by atoms with Crippen molar-refractivity contribution >= 4 is 5.78 Å². The molecule has 23 heavy (non-hydrogen) atoms. The molecule has 7 nitrogen and oxygen atoms in total. The molecule has 1 aliphatic rings. The van der Waals surface area contributed by atoms with Crippen molar-refractivity contribution in [1.82, 2.24) is 15.3 Å². The predicted octanol–water partition coefficient (Wildman–Crippen LogP) is 1.16. The van der Waals surface area contributed by atoms with E-state index in [1.165, 1.54) is 0 Å². The number of hydrogen-bond donors (Lipinski definition) is 1. The van der Waals surface area contributed by atoms with E-state index in [0.717, 1.165) is 0 Å². The number of carbonyl (C=O) groups is 1. The van der Waals surface area contributed by atoms with Crippen molar-refractivity contribution in [1.29, 1.82) is 5.26 Å². The first-order valence-electron chi connectivity index (χ1n) is 7.38. The molecule has 1 N–H and O–H groups in total. The molecule has 1 aliphatic heterocycles. The normalized spacial score (nSPS) is 18.6. The Bertz CT molecular complexity index is 590. The minimum atomic E-state index is -1.08. The summed E-state index contributed by atoms with van der Waals surface area (Å²) in [7, 11) is 0. The molecular formula is C16H19N5O2. The minimum absolute atomic E-state index is 0.0199. The molecule has 0 bridgehead atoms. The average Bonchev–Trinajstić information content (AvgIpc) is 2.62. The molecule has 0 saturated carbocycles. The molecule has 1 aromatic rings. The van der Waals surface area contributed by atoms with Gasteiger partial charge in [0, 0.05) is 31.7 Å². The maximum Gasteiger partial charge on any atom is 0.241 e. The highest BCUT2D eigenvalue weighted by atomic mass is 16.3. The zero-order chi connectivity index (χ0) is 16.7. The van der Waals surface area contributed by atoms with Crippen molar-refractivity contribution in [3.63, 3.8) is 0 Å². The van der Waals surface area contributed by atoms with Crippen LogP contribution in [0.15, 0.2) is 48.2 Å². The van der Waals surface area contributed by atoms with E-state index in [2.05, 4.69) is 17.2 Å². The number of nitrogens with one attached hydrogen (secondary N) is 1. The van der Waals surface area contributed by atoms with Crippen molar-refractivity contribution in [2.45, 2.75) is 12.2 Å². The summed E-state index contributed by atoms with van der Waals surface area (Å²) in [5.41, 5.74) is 3.41. The summed E-state index contributed by atoms with van der Waals surface area (Å²) in [6.07, 6.45) is 0.575. The van der Waals surface area contributed by atoms with E-state index in [0.29, 0.717) is 31.7 Å². The average molecular weight is 313 g/mol. The summed E-state index contributed by atoms with van der Waals surface area (Å²) in [4.78, 5) is 25.1. The molecule has 0 radical (unpaired) electrons. The topological polar surface area (TPSA) is 88.8 Å². The van der Waals surface area contributed by atoms with Crippen molar-refractivity contribution in [2.75, 3.05) is 26.2 Å². The number of hydrazine groups is 1. The van der Waals surface area contributed by atoms with Gasteiger partial charge < -0.3 is 0 Å². The van der Waals surface area contributed by atoms with Crippen LogP contribution in [0.3, 0.4) is 0 Å². The van der Waals surface area contributed by atoms with Crippen molar-refractivity contribution in [3.8, 4) is 6.07 Å². The van der Waals surface area contributed by atoms with Gasteiger partial charge in [-0.3, -0.25) is 9.69 Å². The molecule has 2 rings (SSSR count). The number of Topliss-reactive ketones (excluding diaryl/α,β-unsaturated/α-hetero) is 1. The molecule has 1 fully saturated rings. The van der Waals surface area contributed by atoms with E-state index >= 15 is 0 Å². The fraction of sp³-hybridized carbons (Fsp3) is 0.375. The number of nitriles is 1. The van der Waals surface area contributed by atoms with Crippen LogP contribution < -0.4 is 5.43 Å². The predicted molar refractivity (Wildman–Crippen MR) is 86.2 cm³/mol. The van der Waals surface area contributed by atoms with E-state index in [9.17, 15) is 9.70 Å². The van der Waals surface area contributed by atoms with Crippen molar-refractivity contribution in [3.05, 3.63) is 53.5 Å². The second-order valence-corrected chi connectivity index (χ2v) is 5.20. The largest absolute Gasteiger partial charge is 0.292 e. The van der Waals surface area contributed by atoms with Crippen molar-refractivity contribution < 1.29 is 4.79 Å². The summed E-state index contributed by atoms with van der Waals surface area (Å²) in [5, 5.41) is 13.2. The number of nitrogens with zero attached hydrogens (tertiary/aromatic N) is 4. The van der Waals surface area contributed by atoms with Crippen LogP contribution in [0.1, 0.15) is 10.4 Å². The lowest BCUT2D eigenvalue weighted by molar-refractivity contribution is 0.0585. The lowest BCUT2D eigenvalue weighted by Gasteiger charge is -2.37. The third-order valence-corrected chi connectivity index (χ3v) is 3.79. The summed E-state index contributed by atoms with van der Waals surface area (Å²) in [6, 6.07) is 10.5. The van der Waals surface area contributed by atoms with Crippen LogP contribution >= 0.6 is 0 Å². The monoisotopic (exact) mass is 313 g/mol. The Morgan fingerprint density at radius 2 is 1.96 bits per heavy atom. The molecule has 1 heterocycles. The van der Waals surface area contributed by atoms with Gasteiger partial charge in [0.2, 0.25) is 6.17 Å². The fourth-order valence-corrected chi connectivity index (χ4v) is 2.57. The highest BCUT2D eigenvalue weighted by Crippen LogP contribution is 2.13. The van der Waals surface area contributed by atoms with Gasteiger partial charge in [0.15, 0.2) is 5.78 Å². The van der Waals surface area contributed by atoms with E-state index in [1.54, 1.807) is 29.3 Å². The second kappa shape index (κ2) is 8.29. The maximum absolute atomic E-state index is 12.6. The van der Waals surface area contributed by atoms with E-state index < -0.39 is 6.17 Å². The zero-order valence-corrected chi connectivity index (χ0v) is 12.8. The Kier molecular flexibility index (Phi) is 6.11. The molecule has 1 saturated heterocycles. The molecule has 0 amide bonds. The third kappa shape index (κ3) is 4.29.